The summed E-state index contributed by atoms with van der Waals surface area (Å²) in [6, 6.07) is 4.70. The summed E-state index contributed by atoms with van der Waals surface area (Å²) in [5.41, 5.74) is 2.28. The minimum atomic E-state index is -4.22. The molecule has 0 bridgehead atoms. The molecule has 0 saturated carbocycles. The number of anilines is 1. The second kappa shape index (κ2) is 6.43. The van der Waals surface area contributed by atoms with E-state index in [-0.39, 0.29) is 18.4 Å². The van der Waals surface area contributed by atoms with E-state index in [1.807, 2.05) is 0 Å². The molecule has 1 fully saturated rings. The molecule has 1 aromatic carbocycles. The van der Waals surface area contributed by atoms with Crippen molar-refractivity contribution in [2.45, 2.75) is 38.0 Å². The molecule has 130 valence electrons. The maximum Gasteiger partial charge on any atom is 0.401 e. The first-order chi connectivity index (χ1) is 11.3. The topological polar surface area (TPSA) is 61.4 Å². The highest BCUT2D eigenvalue weighted by molar-refractivity contribution is 5.99. The summed E-state index contributed by atoms with van der Waals surface area (Å²) in [5.74, 6) is -0.431. The van der Waals surface area contributed by atoms with Gasteiger partial charge in [0.25, 0.3) is 0 Å². The van der Waals surface area contributed by atoms with Crippen LogP contribution in [0.3, 0.4) is 0 Å². The number of fused-ring (bicyclic) bond motifs is 1. The minimum absolute atomic E-state index is 0.145. The predicted octanol–water partition coefficient (Wildman–Crippen LogP) is 1.82. The third-order valence-corrected chi connectivity index (χ3v) is 4.32. The second-order valence-electron chi connectivity index (χ2n) is 6.17. The van der Waals surface area contributed by atoms with Gasteiger partial charge in [0.05, 0.1) is 6.54 Å². The van der Waals surface area contributed by atoms with Crippen molar-refractivity contribution in [3.8, 4) is 0 Å². The number of amides is 2. The molecule has 0 unspecified atom stereocenters. The van der Waals surface area contributed by atoms with Crippen molar-refractivity contribution in [1.29, 1.82) is 0 Å². The van der Waals surface area contributed by atoms with Gasteiger partial charge < -0.3 is 10.6 Å². The van der Waals surface area contributed by atoms with Crippen LogP contribution >= 0.6 is 0 Å². The highest BCUT2D eigenvalue weighted by Gasteiger charge is 2.33. The molecule has 1 saturated heterocycles. The zero-order valence-corrected chi connectivity index (χ0v) is 12.9. The summed E-state index contributed by atoms with van der Waals surface area (Å²) < 4.78 is 37.6. The van der Waals surface area contributed by atoms with Gasteiger partial charge in [0.15, 0.2) is 0 Å². The van der Waals surface area contributed by atoms with Gasteiger partial charge in [0.1, 0.15) is 6.04 Å². The Morgan fingerprint density at radius 1 is 1.33 bits per heavy atom. The van der Waals surface area contributed by atoms with Gasteiger partial charge in [-0.25, -0.2) is 0 Å². The number of benzene rings is 1. The summed E-state index contributed by atoms with van der Waals surface area (Å²) in [5, 5.41) is 5.40. The van der Waals surface area contributed by atoms with Crippen molar-refractivity contribution in [1.82, 2.24) is 10.2 Å². The Kier molecular flexibility index (Phi) is 4.49. The molecule has 24 heavy (non-hydrogen) atoms. The van der Waals surface area contributed by atoms with E-state index in [4.69, 9.17) is 0 Å². The van der Waals surface area contributed by atoms with Crippen LogP contribution in [0.15, 0.2) is 18.2 Å². The Balaban J connectivity index is 1.70. The molecule has 0 aliphatic carbocycles. The summed E-state index contributed by atoms with van der Waals surface area (Å²) in [6.45, 7) is -0.435. The average molecular weight is 341 g/mol. The molecular formula is C16H18F3N3O2. The zero-order chi connectivity index (χ0) is 17.3. The Bertz CT molecular complexity index is 660. The Morgan fingerprint density at radius 2 is 2.12 bits per heavy atom. The van der Waals surface area contributed by atoms with Gasteiger partial charge in [0, 0.05) is 25.2 Å². The molecule has 5 nitrogen and oxygen atoms in total. The van der Waals surface area contributed by atoms with Crippen LogP contribution in [0.4, 0.5) is 18.9 Å². The second-order valence-corrected chi connectivity index (χ2v) is 6.17. The summed E-state index contributed by atoms with van der Waals surface area (Å²) in [6.07, 6.45) is -2.99. The lowest BCUT2D eigenvalue weighted by atomic mass is 9.97. The minimum Gasteiger partial charge on any atom is -0.344 e. The number of carbonyl (C=O) groups is 2. The highest BCUT2D eigenvalue weighted by Crippen LogP contribution is 2.28. The van der Waals surface area contributed by atoms with Gasteiger partial charge in [-0.3, -0.25) is 14.5 Å². The van der Waals surface area contributed by atoms with E-state index in [9.17, 15) is 22.8 Å². The number of hydrogen-bond acceptors (Lipinski definition) is 3. The van der Waals surface area contributed by atoms with Gasteiger partial charge >= 0.3 is 6.18 Å². The van der Waals surface area contributed by atoms with Crippen LogP contribution in [0, 0.1) is 0 Å². The van der Waals surface area contributed by atoms with Crippen molar-refractivity contribution >= 4 is 17.5 Å². The van der Waals surface area contributed by atoms with Crippen molar-refractivity contribution < 1.29 is 22.8 Å². The van der Waals surface area contributed by atoms with Gasteiger partial charge in [-0.05, 0) is 30.0 Å². The smallest absolute Gasteiger partial charge is 0.344 e. The summed E-state index contributed by atoms with van der Waals surface area (Å²) in [4.78, 5) is 24.8. The Labute approximate surface area is 137 Å². The first-order valence-corrected chi connectivity index (χ1v) is 7.82. The monoisotopic (exact) mass is 341 g/mol. The van der Waals surface area contributed by atoms with Crippen molar-refractivity contribution in [2.75, 3.05) is 18.4 Å². The molecular weight excluding hydrogens is 323 g/mol. The third-order valence-electron chi connectivity index (χ3n) is 4.32. The lowest BCUT2D eigenvalue weighted by molar-refractivity contribution is -0.147. The zero-order valence-electron chi connectivity index (χ0n) is 12.9. The van der Waals surface area contributed by atoms with Gasteiger partial charge in [-0.1, -0.05) is 12.1 Å². The lowest BCUT2D eigenvalue weighted by Crippen LogP contribution is -2.39. The van der Waals surface area contributed by atoms with Crippen molar-refractivity contribution in [3.05, 3.63) is 29.3 Å². The molecule has 0 radical (unpaired) electrons. The molecule has 2 N–H and O–H groups in total. The highest BCUT2D eigenvalue weighted by atomic mass is 19.4. The maximum absolute atomic E-state index is 12.5. The first kappa shape index (κ1) is 16.8. The predicted molar refractivity (Wildman–Crippen MR) is 81.3 cm³/mol. The quantitative estimate of drug-likeness (QED) is 0.882. The van der Waals surface area contributed by atoms with Crippen LogP contribution in [0.5, 0.6) is 0 Å². The average Bonchev–Trinajstić information content (AvgIpc) is 2.92. The SMILES string of the molecule is O=C1CC[C@H](C(=O)Nc2cccc3c2CCN(CC(F)(F)F)C3)N1. The lowest BCUT2D eigenvalue weighted by Gasteiger charge is -2.30. The molecule has 0 spiro atoms. The van der Waals surface area contributed by atoms with Crippen molar-refractivity contribution in [2.24, 2.45) is 0 Å². The van der Waals surface area contributed by atoms with Crippen LogP contribution in [0.2, 0.25) is 0 Å². The van der Waals surface area contributed by atoms with Crippen LogP contribution in [-0.4, -0.2) is 42.0 Å². The van der Waals surface area contributed by atoms with Crippen LogP contribution < -0.4 is 10.6 Å². The van der Waals surface area contributed by atoms with Gasteiger partial charge in [-0.2, -0.15) is 13.2 Å². The van der Waals surface area contributed by atoms with E-state index in [0.29, 0.717) is 31.5 Å². The molecule has 8 heteroatoms. The fraction of sp³-hybridized carbons (Fsp3) is 0.500. The van der Waals surface area contributed by atoms with Crippen LogP contribution in [0.1, 0.15) is 24.0 Å². The fourth-order valence-corrected chi connectivity index (χ4v) is 3.20. The number of nitrogens with one attached hydrogen (secondary N) is 2. The Hall–Kier alpha value is -2.09. The maximum atomic E-state index is 12.5. The normalized spacial score (nSPS) is 21.3. The molecule has 1 aromatic rings. The van der Waals surface area contributed by atoms with E-state index < -0.39 is 18.8 Å². The van der Waals surface area contributed by atoms with E-state index in [0.717, 1.165) is 11.1 Å². The Morgan fingerprint density at radius 3 is 2.79 bits per heavy atom. The third kappa shape index (κ3) is 3.87. The standard InChI is InChI=1S/C16H18F3N3O2/c17-16(18,19)9-22-7-6-11-10(8-22)2-1-3-12(11)21-15(24)13-4-5-14(23)20-13/h1-3,13H,4-9H2,(H,20,23)(H,21,24)/t13-/m1/s1. The number of nitrogens with zero attached hydrogens (tertiary/aromatic N) is 1. The van der Waals surface area contributed by atoms with E-state index in [2.05, 4.69) is 10.6 Å². The van der Waals surface area contributed by atoms with Crippen molar-refractivity contribution in [3.63, 3.8) is 0 Å². The number of halogens is 3. The number of rotatable bonds is 3. The summed E-state index contributed by atoms with van der Waals surface area (Å²) in [7, 11) is 0. The molecule has 0 aromatic heterocycles. The van der Waals surface area contributed by atoms with E-state index in [1.165, 1.54) is 4.90 Å². The molecule has 2 amide bonds. The first-order valence-electron chi connectivity index (χ1n) is 7.82. The van der Waals surface area contributed by atoms with Crippen LogP contribution in [-0.2, 0) is 22.6 Å². The molecule has 2 aliphatic rings. The van der Waals surface area contributed by atoms with Crippen LogP contribution in [0.25, 0.3) is 0 Å². The summed E-state index contributed by atoms with van der Waals surface area (Å²) >= 11 is 0. The largest absolute Gasteiger partial charge is 0.401 e. The molecule has 2 heterocycles. The number of carbonyl (C=O) groups excluding carboxylic acids is 2. The van der Waals surface area contributed by atoms with E-state index >= 15 is 0 Å². The van der Waals surface area contributed by atoms with E-state index in [1.54, 1.807) is 18.2 Å². The molecule has 2 aliphatic heterocycles. The van der Waals surface area contributed by atoms with Gasteiger partial charge in [0.2, 0.25) is 11.8 Å². The molecule has 3 rings (SSSR count). The molecule has 1 atom stereocenters. The fourth-order valence-electron chi connectivity index (χ4n) is 3.20. The van der Waals surface area contributed by atoms with Gasteiger partial charge in [-0.15, -0.1) is 0 Å². The number of hydrogen-bond donors (Lipinski definition) is 2. The number of alkyl halides is 3.